The predicted octanol–water partition coefficient (Wildman–Crippen LogP) is 3.76. The predicted molar refractivity (Wildman–Crippen MR) is 80.5 cm³/mol. The molecule has 0 aliphatic carbocycles. The van der Waals surface area contributed by atoms with Crippen LogP contribution in [-0.4, -0.2) is 24.0 Å². The maximum absolute atomic E-state index is 14.0. The lowest BCUT2D eigenvalue weighted by Crippen LogP contribution is -2.26. The van der Waals surface area contributed by atoms with Crippen LogP contribution in [0.4, 0.5) is 29.1 Å². The van der Waals surface area contributed by atoms with Gasteiger partial charge >= 0.3 is 0 Å². The summed E-state index contributed by atoms with van der Waals surface area (Å²) in [5, 5.41) is 0. The van der Waals surface area contributed by atoms with Crippen LogP contribution in [0.5, 0.6) is 0 Å². The van der Waals surface area contributed by atoms with Crippen LogP contribution in [0.2, 0.25) is 0 Å². The summed E-state index contributed by atoms with van der Waals surface area (Å²) in [5.74, 6) is -3.87. The molecule has 0 unspecified atom stereocenters. The van der Waals surface area contributed by atoms with Crippen molar-refractivity contribution in [2.45, 2.75) is 19.3 Å². The van der Waals surface area contributed by atoms with Gasteiger partial charge in [0.1, 0.15) is 11.6 Å². The molecule has 2 N–H and O–H groups in total. The lowest BCUT2D eigenvalue weighted by atomic mass is 10.0. The number of aromatic nitrogens is 1. The Bertz CT molecular complexity index is 761. The zero-order chi connectivity index (χ0) is 16.8. The Morgan fingerprint density at radius 3 is 2.57 bits per heavy atom. The molecule has 1 saturated heterocycles. The Morgan fingerprint density at radius 1 is 1.17 bits per heavy atom. The van der Waals surface area contributed by atoms with Gasteiger partial charge in [-0.1, -0.05) is 0 Å². The molecule has 0 spiro atoms. The lowest BCUT2D eigenvalue weighted by Gasteiger charge is -2.21. The molecule has 3 nitrogen and oxygen atoms in total. The fourth-order valence-electron chi connectivity index (χ4n) is 2.75. The van der Waals surface area contributed by atoms with Gasteiger partial charge in [0.2, 0.25) is 0 Å². The van der Waals surface area contributed by atoms with E-state index in [0.717, 1.165) is 18.2 Å². The number of nitrogens with zero attached hydrogens (tertiary/aromatic N) is 2. The molecule has 7 heteroatoms. The zero-order valence-corrected chi connectivity index (χ0v) is 12.4. The molecule has 0 radical (unpaired) electrons. The molecule has 2 aromatic rings. The summed E-state index contributed by atoms with van der Waals surface area (Å²) < 4.78 is 54.3. The minimum Gasteiger partial charge on any atom is -0.395 e. The normalized spacial score (nSPS) is 16.8. The second kappa shape index (κ2) is 5.40. The summed E-state index contributed by atoms with van der Waals surface area (Å²) in [4.78, 5) is 5.59. The van der Waals surface area contributed by atoms with E-state index in [0.29, 0.717) is 5.69 Å². The quantitative estimate of drug-likeness (QED) is 0.855. The third-order valence-corrected chi connectivity index (χ3v) is 3.85. The van der Waals surface area contributed by atoms with Crippen molar-refractivity contribution in [2.75, 3.05) is 23.7 Å². The van der Waals surface area contributed by atoms with Gasteiger partial charge in [-0.05, 0) is 31.2 Å². The number of anilines is 2. The van der Waals surface area contributed by atoms with E-state index in [1.54, 1.807) is 6.92 Å². The second-order valence-corrected chi connectivity index (χ2v) is 5.70. The van der Waals surface area contributed by atoms with Crippen molar-refractivity contribution in [3.63, 3.8) is 0 Å². The molecular weight excluding hydrogens is 310 g/mol. The first kappa shape index (κ1) is 15.6. The third kappa shape index (κ3) is 2.95. The van der Waals surface area contributed by atoms with E-state index < -0.39 is 24.1 Å². The van der Waals surface area contributed by atoms with Crippen molar-refractivity contribution in [2.24, 2.45) is 0 Å². The van der Waals surface area contributed by atoms with Crippen molar-refractivity contribution >= 4 is 11.5 Å². The first-order chi connectivity index (χ1) is 10.8. The van der Waals surface area contributed by atoms with Gasteiger partial charge in [0.05, 0.1) is 12.2 Å². The van der Waals surface area contributed by atoms with E-state index in [9.17, 15) is 17.6 Å². The molecule has 0 amide bonds. The molecule has 0 bridgehead atoms. The van der Waals surface area contributed by atoms with Crippen molar-refractivity contribution in [1.82, 2.24) is 4.98 Å². The van der Waals surface area contributed by atoms with Crippen molar-refractivity contribution in [3.8, 4) is 11.1 Å². The third-order valence-electron chi connectivity index (χ3n) is 3.85. The number of halogens is 4. The fourth-order valence-corrected chi connectivity index (χ4v) is 2.75. The summed E-state index contributed by atoms with van der Waals surface area (Å²) >= 11 is 0. The van der Waals surface area contributed by atoms with Crippen LogP contribution in [0.3, 0.4) is 0 Å². The molecule has 2 heterocycles. The van der Waals surface area contributed by atoms with E-state index in [2.05, 4.69) is 4.98 Å². The number of nitrogens with two attached hydrogens (primary N) is 1. The van der Waals surface area contributed by atoms with Crippen molar-refractivity contribution in [1.29, 1.82) is 0 Å². The van der Waals surface area contributed by atoms with Crippen molar-refractivity contribution in [3.05, 3.63) is 41.6 Å². The SMILES string of the molecule is Cc1cc(-c2cc(F)ccc2F)c(N)c(N2CCC(F)(F)C2)n1. The van der Waals surface area contributed by atoms with Gasteiger partial charge in [-0.2, -0.15) is 0 Å². The number of nitrogen functional groups attached to an aromatic ring is 1. The van der Waals surface area contributed by atoms with Gasteiger partial charge in [0.25, 0.3) is 5.92 Å². The number of pyridine rings is 1. The number of aryl methyl sites for hydroxylation is 1. The number of hydrogen-bond acceptors (Lipinski definition) is 3. The van der Waals surface area contributed by atoms with Crippen LogP contribution in [0, 0.1) is 18.6 Å². The maximum atomic E-state index is 14.0. The molecule has 1 aromatic carbocycles. The molecule has 0 saturated carbocycles. The number of rotatable bonds is 2. The Kier molecular flexibility index (Phi) is 3.66. The van der Waals surface area contributed by atoms with Crippen LogP contribution < -0.4 is 10.6 Å². The summed E-state index contributed by atoms with van der Waals surface area (Å²) in [6, 6.07) is 4.56. The number of hydrogen-bond donors (Lipinski definition) is 1. The molecule has 3 rings (SSSR count). The Hall–Kier alpha value is -2.31. The Balaban J connectivity index is 2.11. The highest BCUT2D eigenvalue weighted by Crippen LogP contribution is 2.38. The summed E-state index contributed by atoms with van der Waals surface area (Å²) in [5.41, 5.74) is 6.83. The van der Waals surface area contributed by atoms with Crippen LogP contribution >= 0.6 is 0 Å². The van der Waals surface area contributed by atoms with Gasteiger partial charge < -0.3 is 10.6 Å². The van der Waals surface area contributed by atoms with E-state index in [1.807, 2.05) is 0 Å². The van der Waals surface area contributed by atoms with Gasteiger partial charge in [0.15, 0.2) is 5.82 Å². The average molecular weight is 325 g/mol. The molecule has 1 aliphatic heterocycles. The monoisotopic (exact) mass is 325 g/mol. The molecule has 0 atom stereocenters. The Morgan fingerprint density at radius 2 is 1.91 bits per heavy atom. The lowest BCUT2D eigenvalue weighted by molar-refractivity contribution is 0.0257. The van der Waals surface area contributed by atoms with Crippen LogP contribution in [0.15, 0.2) is 24.3 Å². The standard InChI is InChI=1S/C16H15F4N3/c1-9-6-12(11-7-10(17)2-3-13(11)18)14(21)15(22-9)23-5-4-16(19,20)8-23/h2-3,6-7H,4-5,8,21H2,1H3. The summed E-state index contributed by atoms with van der Waals surface area (Å²) in [6.45, 7) is 1.27. The van der Waals surface area contributed by atoms with Crippen LogP contribution in [0.1, 0.15) is 12.1 Å². The van der Waals surface area contributed by atoms with Crippen LogP contribution in [0.25, 0.3) is 11.1 Å². The minimum atomic E-state index is -2.80. The number of benzene rings is 1. The molecule has 1 fully saturated rings. The summed E-state index contributed by atoms with van der Waals surface area (Å²) in [7, 11) is 0. The molecular formula is C16H15F4N3. The zero-order valence-electron chi connectivity index (χ0n) is 12.4. The van der Waals surface area contributed by atoms with E-state index in [-0.39, 0.29) is 35.6 Å². The highest BCUT2D eigenvalue weighted by Gasteiger charge is 2.39. The maximum Gasteiger partial charge on any atom is 0.266 e. The van der Waals surface area contributed by atoms with Crippen molar-refractivity contribution < 1.29 is 17.6 Å². The number of alkyl halides is 2. The average Bonchev–Trinajstić information content (AvgIpc) is 2.84. The molecule has 1 aliphatic rings. The smallest absolute Gasteiger partial charge is 0.266 e. The van der Waals surface area contributed by atoms with Gasteiger partial charge in [0, 0.05) is 29.8 Å². The summed E-state index contributed by atoms with van der Waals surface area (Å²) in [6.07, 6.45) is -0.286. The molecule has 1 aromatic heterocycles. The highest BCUT2D eigenvalue weighted by molar-refractivity contribution is 5.84. The Labute approximate surface area is 130 Å². The first-order valence-corrected chi connectivity index (χ1v) is 7.12. The van der Waals surface area contributed by atoms with Gasteiger partial charge in [-0.25, -0.2) is 22.5 Å². The van der Waals surface area contributed by atoms with E-state index in [4.69, 9.17) is 5.73 Å². The first-order valence-electron chi connectivity index (χ1n) is 7.12. The van der Waals surface area contributed by atoms with Gasteiger partial charge in [-0.15, -0.1) is 0 Å². The topological polar surface area (TPSA) is 42.1 Å². The minimum absolute atomic E-state index is 0.0137. The molecule has 23 heavy (non-hydrogen) atoms. The largest absolute Gasteiger partial charge is 0.395 e. The van der Waals surface area contributed by atoms with E-state index in [1.165, 1.54) is 11.0 Å². The molecule has 122 valence electrons. The fraction of sp³-hybridized carbons (Fsp3) is 0.312. The second-order valence-electron chi connectivity index (χ2n) is 5.70. The van der Waals surface area contributed by atoms with Crippen LogP contribution in [-0.2, 0) is 0 Å². The highest BCUT2D eigenvalue weighted by atomic mass is 19.3. The van der Waals surface area contributed by atoms with E-state index >= 15 is 0 Å². The van der Waals surface area contributed by atoms with Gasteiger partial charge in [-0.3, -0.25) is 0 Å².